The van der Waals surface area contributed by atoms with Crippen molar-refractivity contribution in [2.24, 2.45) is 0 Å². The lowest BCUT2D eigenvalue weighted by Gasteiger charge is -2.34. The van der Waals surface area contributed by atoms with Gasteiger partial charge in [0, 0.05) is 39.1 Å². The van der Waals surface area contributed by atoms with Crippen LogP contribution in [-0.4, -0.2) is 61.1 Å². The highest BCUT2D eigenvalue weighted by Crippen LogP contribution is 2.13. The van der Waals surface area contributed by atoms with E-state index in [-0.39, 0.29) is 12.0 Å². The van der Waals surface area contributed by atoms with Crippen LogP contribution in [0.15, 0.2) is 24.3 Å². The molecule has 1 aliphatic heterocycles. The van der Waals surface area contributed by atoms with Gasteiger partial charge < -0.3 is 19.9 Å². The lowest BCUT2D eigenvalue weighted by atomic mass is 10.2. The first-order valence-electron chi connectivity index (χ1n) is 8.08. The fourth-order valence-electron chi connectivity index (χ4n) is 2.55. The highest BCUT2D eigenvalue weighted by Gasteiger charge is 2.24. The molecule has 0 saturated carbocycles. The van der Waals surface area contributed by atoms with E-state index < -0.39 is 0 Å². The number of nitrogens with zero attached hydrogens (tertiary/aromatic N) is 3. The van der Waals surface area contributed by atoms with E-state index >= 15 is 0 Å². The van der Waals surface area contributed by atoms with Gasteiger partial charge in [0.25, 0.3) is 0 Å². The van der Waals surface area contributed by atoms with Gasteiger partial charge >= 0.3 is 6.09 Å². The maximum absolute atomic E-state index is 12.2. The standard InChI is InChI=1S/C17H22N4O3/c1-2-24-17(23)21-11-9-20(10-12-21)16(22)7-8-19-15-6-4-3-5-14(15)13-18/h3-6,19H,2,7-12H2,1H3. The van der Waals surface area contributed by atoms with Crippen LogP contribution in [0.4, 0.5) is 10.5 Å². The number of anilines is 1. The lowest BCUT2D eigenvalue weighted by Crippen LogP contribution is -2.50. The summed E-state index contributed by atoms with van der Waals surface area (Å²) in [7, 11) is 0. The van der Waals surface area contributed by atoms with Gasteiger partial charge in [0.15, 0.2) is 0 Å². The van der Waals surface area contributed by atoms with Crippen molar-refractivity contribution in [1.82, 2.24) is 9.80 Å². The molecule has 1 aliphatic rings. The molecule has 0 unspecified atom stereocenters. The summed E-state index contributed by atoms with van der Waals surface area (Å²) in [5.74, 6) is 0.0421. The minimum Gasteiger partial charge on any atom is -0.450 e. The van der Waals surface area contributed by atoms with E-state index in [1.165, 1.54) is 0 Å². The van der Waals surface area contributed by atoms with Crippen molar-refractivity contribution in [1.29, 1.82) is 5.26 Å². The molecule has 1 heterocycles. The molecule has 1 saturated heterocycles. The molecule has 0 radical (unpaired) electrons. The molecule has 24 heavy (non-hydrogen) atoms. The molecule has 1 N–H and O–H groups in total. The van der Waals surface area contributed by atoms with Gasteiger partial charge in [-0.05, 0) is 19.1 Å². The fourth-order valence-corrected chi connectivity index (χ4v) is 2.55. The van der Waals surface area contributed by atoms with Gasteiger partial charge in [0.05, 0.1) is 17.9 Å². The average molecular weight is 330 g/mol. The summed E-state index contributed by atoms with van der Waals surface area (Å²) in [5.41, 5.74) is 1.30. The van der Waals surface area contributed by atoms with E-state index in [1.807, 2.05) is 12.1 Å². The molecule has 2 amide bonds. The third kappa shape index (κ3) is 4.62. The third-order valence-electron chi connectivity index (χ3n) is 3.86. The van der Waals surface area contributed by atoms with Crippen molar-refractivity contribution in [3.63, 3.8) is 0 Å². The molecule has 0 atom stereocenters. The summed E-state index contributed by atoms with van der Waals surface area (Å²) >= 11 is 0. The number of benzene rings is 1. The molecule has 0 aliphatic carbocycles. The summed E-state index contributed by atoms with van der Waals surface area (Å²) in [4.78, 5) is 27.2. The Kier molecular flexibility index (Phi) is 6.43. The Morgan fingerprint density at radius 2 is 1.88 bits per heavy atom. The quantitative estimate of drug-likeness (QED) is 0.887. The summed E-state index contributed by atoms with van der Waals surface area (Å²) in [6.45, 7) is 4.63. The molecule has 7 nitrogen and oxygen atoms in total. The molecule has 1 aromatic rings. The van der Waals surface area contributed by atoms with Crippen molar-refractivity contribution >= 4 is 17.7 Å². The number of para-hydroxylation sites is 1. The Hall–Kier alpha value is -2.75. The Morgan fingerprint density at radius 1 is 1.21 bits per heavy atom. The molecule has 128 valence electrons. The van der Waals surface area contributed by atoms with Crippen LogP contribution in [0.5, 0.6) is 0 Å². The summed E-state index contributed by atoms with van der Waals surface area (Å²) in [6.07, 6.45) is 0.0264. The second kappa shape index (κ2) is 8.77. The van der Waals surface area contributed by atoms with Gasteiger partial charge in [-0.15, -0.1) is 0 Å². The van der Waals surface area contributed by atoms with Crippen LogP contribution < -0.4 is 5.32 Å². The van der Waals surface area contributed by atoms with Gasteiger partial charge in [-0.25, -0.2) is 4.79 Å². The summed E-state index contributed by atoms with van der Waals surface area (Å²) in [5, 5.41) is 12.2. The van der Waals surface area contributed by atoms with Crippen molar-refractivity contribution < 1.29 is 14.3 Å². The molecule has 2 rings (SSSR count). The molecular weight excluding hydrogens is 308 g/mol. The van der Waals surface area contributed by atoms with Gasteiger partial charge in [-0.1, -0.05) is 12.1 Å². The Labute approximate surface area is 141 Å². The van der Waals surface area contributed by atoms with Crippen LogP contribution >= 0.6 is 0 Å². The first-order chi connectivity index (χ1) is 11.7. The number of carbonyl (C=O) groups excluding carboxylic acids is 2. The second-order valence-electron chi connectivity index (χ2n) is 5.40. The van der Waals surface area contributed by atoms with Crippen molar-refractivity contribution in [3.8, 4) is 6.07 Å². The maximum atomic E-state index is 12.2. The number of amides is 2. The average Bonchev–Trinajstić information content (AvgIpc) is 2.62. The van der Waals surface area contributed by atoms with Crippen LogP contribution in [0.2, 0.25) is 0 Å². The Balaban J connectivity index is 1.74. The van der Waals surface area contributed by atoms with Gasteiger partial charge in [-0.3, -0.25) is 4.79 Å². The molecule has 0 spiro atoms. The highest BCUT2D eigenvalue weighted by atomic mass is 16.6. The minimum atomic E-state index is -0.320. The van der Waals surface area contributed by atoms with Crippen molar-refractivity contribution in [3.05, 3.63) is 29.8 Å². The summed E-state index contributed by atoms with van der Waals surface area (Å²) in [6, 6.07) is 9.32. The minimum absolute atomic E-state index is 0.0421. The molecule has 1 aromatic carbocycles. The van der Waals surface area contributed by atoms with E-state index in [4.69, 9.17) is 10.00 Å². The monoisotopic (exact) mass is 330 g/mol. The SMILES string of the molecule is CCOC(=O)N1CCN(C(=O)CCNc2ccccc2C#N)CC1. The van der Waals surface area contributed by atoms with E-state index in [9.17, 15) is 9.59 Å². The normalized spacial score (nSPS) is 14.0. The third-order valence-corrected chi connectivity index (χ3v) is 3.86. The lowest BCUT2D eigenvalue weighted by molar-refractivity contribution is -0.132. The number of hydrogen-bond donors (Lipinski definition) is 1. The van der Waals surface area contributed by atoms with Crippen LogP contribution in [-0.2, 0) is 9.53 Å². The zero-order valence-electron chi connectivity index (χ0n) is 13.8. The number of nitriles is 1. The number of hydrogen-bond acceptors (Lipinski definition) is 5. The van der Waals surface area contributed by atoms with Gasteiger partial charge in [0.1, 0.15) is 6.07 Å². The Morgan fingerprint density at radius 3 is 2.54 bits per heavy atom. The highest BCUT2D eigenvalue weighted by molar-refractivity contribution is 5.77. The van der Waals surface area contributed by atoms with Crippen LogP contribution in [0.1, 0.15) is 18.9 Å². The molecule has 0 aromatic heterocycles. The Bertz CT molecular complexity index is 619. The van der Waals surface area contributed by atoms with Crippen molar-refractivity contribution in [2.75, 3.05) is 44.6 Å². The second-order valence-corrected chi connectivity index (χ2v) is 5.40. The zero-order chi connectivity index (χ0) is 17.4. The van der Waals surface area contributed by atoms with Crippen molar-refractivity contribution in [2.45, 2.75) is 13.3 Å². The maximum Gasteiger partial charge on any atom is 0.409 e. The van der Waals surface area contributed by atoms with E-state index in [0.717, 1.165) is 5.69 Å². The number of rotatable bonds is 5. The van der Waals surface area contributed by atoms with Crippen LogP contribution in [0.3, 0.4) is 0 Å². The van der Waals surface area contributed by atoms with E-state index in [2.05, 4.69) is 11.4 Å². The number of nitrogens with one attached hydrogen (secondary N) is 1. The van der Waals surface area contributed by atoms with E-state index in [0.29, 0.717) is 51.3 Å². The smallest absolute Gasteiger partial charge is 0.409 e. The van der Waals surface area contributed by atoms with Crippen LogP contribution in [0.25, 0.3) is 0 Å². The zero-order valence-corrected chi connectivity index (χ0v) is 13.8. The molecule has 7 heteroatoms. The first kappa shape index (κ1) is 17.6. The number of ether oxygens (including phenoxy) is 1. The van der Waals surface area contributed by atoms with Gasteiger partial charge in [-0.2, -0.15) is 5.26 Å². The van der Waals surface area contributed by atoms with E-state index in [1.54, 1.807) is 28.9 Å². The molecule has 0 bridgehead atoms. The van der Waals surface area contributed by atoms with Gasteiger partial charge in [0.2, 0.25) is 5.91 Å². The predicted molar refractivity (Wildman–Crippen MR) is 89.4 cm³/mol. The topological polar surface area (TPSA) is 85.7 Å². The fraction of sp³-hybridized carbons (Fsp3) is 0.471. The number of carbonyl (C=O) groups is 2. The molecule has 1 fully saturated rings. The van der Waals surface area contributed by atoms with Crippen LogP contribution in [0, 0.1) is 11.3 Å². The summed E-state index contributed by atoms with van der Waals surface area (Å²) < 4.78 is 4.96. The molecular formula is C17H22N4O3. The largest absolute Gasteiger partial charge is 0.450 e. The predicted octanol–water partition coefficient (Wildman–Crippen LogP) is 1.66. The number of piperazine rings is 1. The first-order valence-corrected chi connectivity index (χ1v) is 8.08.